The Morgan fingerprint density at radius 1 is 1.20 bits per heavy atom. The summed E-state index contributed by atoms with van der Waals surface area (Å²) in [5.74, 6) is 2.34. The van der Waals surface area contributed by atoms with Gasteiger partial charge in [0, 0.05) is 17.7 Å². The molecule has 1 rings (SSSR count). The summed E-state index contributed by atoms with van der Waals surface area (Å²) in [5.41, 5.74) is 6.84. The zero-order chi connectivity index (χ0) is 11.4. The molecule has 0 atom stereocenters. The highest BCUT2D eigenvalue weighted by molar-refractivity contribution is 5.31. The van der Waals surface area contributed by atoms with Crippen molar-refractivity contribution in [1.82, 2.24) is 9.97 Å². The molecule has 0 unspecified atom stereocenters. The van der Waals surface area contributed by atoms with Gasteiger partial charge in [-0.05, 0) is 18.8 Å². The molecule has 0 aliphatic rings. The summed E-state index contributed by atoms with van der Waals surface area (Å²) in [4.78, 5) is 8.91. The first-order valence-corrected chi connectivity index (χ1v) is 5.72. The van der Waals surface area contributed by atoms with Gasteiger partial charge in [-0.2, -0.15) is 0 Å². The lowest BCUT2D eigenvalue weighted by atomic mass is 10.0. The fourth-order valence-electron chi connectivity index (χ4n) is 1.64. The third-order valence-electron chi connectivity index (χ3n) is 2.73. The molecule has 15 heavy (non-hydrogen) atoms. The second-order valence-electron chi connectivity index (χ2n) is 4.24. The van der Waals surface area contributed by atoms with E-state index < -0.39 is 0 Å². The van der Waals surface area contributed by atoms with Gasteiger partial charge in [-0.1, -0.05) is 27.7 Å². The molecule has 1 heterocycles. The molecule has 3 nitrogen and oxygen atoms in total. The van der Waals surface area contributed by atoms with E-state index in [1.165, 1.54) is 0 Å². The predicted octanol–water partition coefficient (Wildman–Crippen LogP) is 3.09. The summed E-state index contributed by atoms with van der Waals surface area (Å²) in [6.07, 6.45) is 2.13. The standard InChI is InChI=1S/C12H21N3/c1-5-9(6-2)12-14-10(8(3)4)7-11(13)15-12/h7-9H,5-6H2,1-4H3,(H2,13,14,15). The third kappa shape index (κ3) is 2.91. The summed E-state index contributed by atoms with van der Waals surface area (Å²) in [7, 11) is 0. The van der Waals surface area contributed by atoms with Crippen LogP contribution in [-0.4, -0.2) is 9.97 Å². The molecule has 0 saturated heterocycles. The molecule has 3 heteroatoms. The van der Waals surface area contributed by atoms with Gasteiger partial charge in [-0.15, -0.1) is 0 Å². The maximum absolute atomic E-state index is 5.79. The van der Waals surface area contributed by atoms with E-state index in [1.54, 1.807) is 0 Å². The quantitative estimate of drug-likeness (QED) is 0.825. The SMILES string of the molecule is CCC(CC)c1nc(N)cc(C(C)C)n1. The number of aromatic nitrogens is 2. The van der Waals surface area contributed by atoms with Crippen molar-refractivity contribution in [2.24, 2.45) is 0 Å². The van der Waals surface area contributed by atoms with Crippen molar-refractivity contribution in [3.8, 4) is 0 Å². The zero-order valence-corrected chi connectivity index (χ0v) is 10.1. The van der Waals surface area contributed by atoms with Gasteiger partial charge in [0.15, 0.2) is 0 Å². The number of hydrogen-bond donors (Lipinski definition) is 1. The Kier molecular flexibility index (Phi) is 4.06. The van der Waals surface area contributed by atoms with Gasteiger partial charge in [-0.25, -0.2) is 9.97 Å². The van der Waals surface area contributed by atoms with E-state index in [-0.39, 0.29) is 0 Å². The Bertz CT molecular complexity index is 317. The van der Waals surface area contributed by atoms with Crippen LogP contribution in [0.1, 0.15) is 63.9 Å². The first-order valence-electron chi connectivity index (χ1n) is 5.72. The monoisotopic (exact) mass is 207 g/mol. The van der Waals surface area contributed by atoms with E-state index in [0.29, 0.717) is 17.7 Å². The van der Waals surface area contributed by atoms with Gasteiger partial charge in [-0.3, -0.25) is 0 Å². The fraction of sp³-hybridized carbons (Fsp3) is 0.667. The van der Waals surface area contributed by atoms with Gasteiger partial charge < -0.3 is 5.73 Å². The maximum Gasteiger partial charge on any atom is 0.134 e. The number of rotatable bonds is 4. The van der Waals surface area contributed by atoms with E-state index in [1.807, 2.05) is 6.07 Å². The average molecular weight is 207 g/mol. The van der Waals surface area contributed by atoms with Crippen molar-refractivity contribution in [2.75, 3.05) is 5.73 Å². The lowest BCUT2D eigenvalue weighted by Crippen LogP contribution is -2.08. The van der Waals surface area contributed by atoms with Crippen molar-refractivity contribution in [2.45, 2.75) is 52.4 Å². The maximum atomic E-state index is 5.79. The van der Waals surface area contributed by atoms with E-state index in [4.69, 9.17) is 5.73 Å². The first kappa shape index (κ1) is 12.0. The highest BCUT2D eigenvalue weighted by atomic mass is 15.0. The molecule has 0 aromatic carbocycles. The van der Waals surface area contributed by atoms with Crippen LogP contribution >= 0.6 is 0 Å². The Hall–Kier alpha value is -1.12. The highest BCUT2D eigenvalue weighted by Gasteiger charge is 2.13. The molecular formula is C12H21N3. The number of anilines is 1. The third-order valence-corrected chi connectivity index (χ3v) is 2.73. The lowest BCUT2D eigenvalue weighted by molar-refractivity contribution is 0.595. The van der Waals surface area contributed by atoms with E-state index in [2.05, 4.69) is 37.7 Å². The van der Waals surface area contributed by atoms with Crippen molar-refractivity contribution in [3.63, 3.8) is 0 Å². The minimum absolute atomic E-state index is 0.406. The molecule has 0 aliphatic heterocycles. The Morgan fingerprint density at radius 2 is 1.80 bits per heavy atom. The molecule has 0 bridgehead atoms. The minimum Gasteiger partial charge on any atom is -0.384 e. The second kappa shape index (κ2) is 5.10. The molecule has 0 fully saturated rings. The molecule has 0 spiro atoms. The number of nitrogens with two attached hydrogens (primary N) is 1. The van der Waals surface area contributed by atoms with Crippen molar-refractivity contribution < 1.29 is 0 Å². The van der Waals surface area contributed by atoms with E-state index in [0.717, 1.165) is 24.4 Å². The van der Waals surface area contributed by atoms with Crippen molar-refractivity contribution >= 4 is 5.82 Å². The van der Waals surface area contributed by atoms with Crippen molar-refractivity contribution in [3.05, 3.63) is 17.6 Å². The highest BCUT2D eigenvalue weighted by Crippen LogP contribution is 2.22. The Labute approximate surface area is 92.1 Å². The van der Waals surface area contributed by atoms with Crippen LogP contribution in [0, 0.1) is 0 Å². The van der Waals surface area contributed by atoms with Crippen LogP contribution in [0.3, 0.4) is 0 Å². The minimum atomic E-state index is 0.406. The lowest BCUT2D eigenvalue weighted by Gasteiger charge is -2.14. The van der Waals surface area contributed by atoms with Gasteiger partial charge in [0.05, 0.1) is 0 Å². The molecule has 0 amide bonds. The summed E-state index contributed by atoms with van der Waals surface area (Å²) >= 11 is 0. The Morgan fingerprint density at radius 3 is 2.27 bits per heavy atom. The summed E-state index contributed by atoms with van der Waals surface area (Å²) in [6.45, 7) is 8.57. The van der Waals surface area contributed by atoms with Crippen LogP contribution in [-0.2, 0) is 0 Å². The predicted molar refractivity (Wildman–Crippen MR) is 63.9 cm³/mol. The molecule has 1 aromatic rings. The molecule has 2 N–H and O–H groups in total. The largest absolute Gasteiger partial charge is 0.384 e. The van der Waals surface area contributed by atoms with Crippen LogP contribution < -0.4 is 5.73 Å². The molecule has 0 radical (unpaired) electrons. The molecular weight excluding hydrogens is 186 g/mol. The molecule has 0 aliphatic carbocycles. The van der Waals surface area contributed by atoms with Gasteiger partial charge >= 0.3 is 0 Å². The van der Waals surface area contributed by atoms with Crippen LogP contribution in [0.15, 0.2) is 6.07 Å². The van der Waals surface area contributed by atoms with E-state index in [9.17, 15) is 0 Å². The van der Waals surface area contributed by atoms with Gasteiger partial charge in [0.1, 0.15) is 11.6 Å². The molecule has 1 aromatic heterocycles. The first-order chi connectivity index (χ1) is 7.08. The normalized spacial score (nSPS) is 11.3. The van der Waals surface area contributed by atoms with Crippen LogP contribution in [0.25, 0.3) is 0 Å². The Balaban J connectivity index is 3.07. The topological polar surface area (TPSA) is 51.8 Å². The second-order valence-corrected chi connectivity index (χ2v) is 4.24. The molecule has 84 valence electrons. The zero-order valence-electron chi connectivity index (χ0n) is 10.1. The number of nitrogen functional groups attached to an aromatic ring is 1. The fourth-order valence-corrected chi connectivity index (χ4v) is 1.64. The van der Waals surface area contributed by atoms with E-state index >= 15 is 0 Å². The van der Waals surface area contributed by atoms with Crippen LogP contribution in [0.5, 0.6) is 0 Å². The van der Waals surface area contributed by atoms with Crippen LogP contribution in [0.4, 0.5) is 5.82 Å². The number of nitrogens with zero attached hydrogens (tertiary/aromatic N) is 2. The summed E-state index contributed by atoms with van der Waals surface area (Å²) < 4.78 is 0. The van der Waals surface area contributed by atoms with Crippen LogP contribution in [0.2, 0.25) is 0 Å². The number of hydrogen-bond acceptors (Lipinski definition) is 3. The summed E-state index contributed by atoms with van der Waals surface area (Å²) in [5, 5.41) is 0. The average Bonchev–Trinajstić information content (AvgIpc) is 2.18. The van der Waals surface area contributed by atoms with Gasteiger partial charge in [0.25, 0.3) is 0 Å². The summed E-state index contributed by atoms with van der Waals surface area (Å²) in [6, 6.07) is 1.87. The smallest absolute Gasteiger partial charge is 0.134 e. The van der Waals surface area contributed by atoms with Crippen molar-refractivity contribution in [1.29, 1.82) is 0 Å². The van der Waals surface area contributed by atoms with Gasteiger partial charge in [0.2, 0.25) is 0 Å². The molecule has 0 saturated carbocycles.